The van der Waals surface area contributed by atoms with Gasteiger partial charge in [0.25, 0.3) is 10.2 Å². The Bertz CT molecular complexity index is 520. The lowest BCUT2D eigenvalue weighted by Gasteiger charge is -2.33. The van der Waals surface area contributed by atoms with Gasteiger partial charge in [0.15, 0.2) is 0 Å². The number of piperidine rings is 1. The van der Waals surface area contributed by atoms with Gasteiger partial charge in [-0.25, -0.2) is 0 Å². The standard InChI is InChI=1S/C13H22N4O2S/c1-16(11-13-6-2-3-7-15-13)20(18,19)17-8-4-5-12(9-14)10-17/h2-3,6-7,12H,4-5,8-11,14H2,1H3. The van der Waals surface area contributed by atoms with Crippen molar-refractivity contribution < 1.29 is 8.42 Å². The predicted molar refractivity (Wildman–Crippen MR) is 78.0 cm³/mol. The van der Waals surface area contributed by atoms with Gasteiger partial charge >= 0.3 is 0 Å². The normalized spacial score (nSPS) is 21.2. The monoisotopic (exact) mass is 298 g/mol. The summed E-state index contributed by atoms with van der Waals surface area (Å²) in [4.78, 5) is 4.16. The Morgan fingerprint density at radius 3 is 2.95 bits per heavy atom. The molecule has 2 heterocycles. The Labute approximate surface area is 120 Å². The highest BCUT2D eigenvalue weighted by molar-refractivity contribution is 7.86. The largest absolute Gasteiger partial charge is 0.330 e. The molecule has 1 aromatic rings. The summed E-state index contributed by atoms with van der Waals surface area (Å²) in [5.41, 5.74) is 6.40. The summed E-state index contributed by atoms with van der Waals surface area (Å²) in [5.74, 6) is 0.266. The SMILES string of the molecule is CN(Cc1ccccn1)S(=O)(=O)N1CCCC(CN)C1. The first-order valence-electron chi connectivity index (χ1n) is 6.85. The van der Waals surface area contributed by atoms with E-state index in [-0.39, 0.29) is 12.5 Å². The third-order valence-electron chi connectivity index (χ3n) is 3.65. The summed E-state index contributed by atoms with van der Waals surface area (Å²) in [5, 5.41) is 0. The maximum absolute atomic E-state index is 12.5. The van der Waals surface area contributed by atoms with Crippen LogP contribution >= 0.6 is 0 Å². The first-order chi connectivity index (χ1) is 9.54. The number of aromatic nitrogens is 1. The minimum absolute atomic E-state index is 0.266. The topological polar surface area (TPSA) is 79.5 Å². The molecule has 2 N–H and O–H groups in total. The Balaban J connectivity index is 2.05. The molecule has 0 saturated carbocycles. The molecule has 0 aromatic carbocycles. The van der Waals surface area contributed by atoms with Crippen LogP contribution in [0.2, 0.25) is 0 Å². The van der Waals surface area contributed by atoms with E-state index in [4.69, 9.17) is 5.73 Å². The van der Waals surface area contributed by atoms with E-state index in [1.807, 2.05) is 18.2 Å². The first-order valence-corrected chi connectivity index (χ1v) is 8.25. The van der Waals surface area contributed by atoms with Crippen LogP contribution in [0.1, 0.15) is 18.5 Å². The lowest BCUT2D eigenvalue weighted by molar-refractivity contribution is 0.254. The lowest BCUT2D eigenvalue weighted by Crippen LogP contribution is -2.47. The molecule has 0 spiro atoms. The van der Waals surface area contributed by atoms with Gasteiger partial charge in [-0.05, 0) is 37.4 Å². The van der Waals surface area contributed by atoms with Crippen LogP contribution in [0.25, 0.3) is 0 Å². The molecule has 1 fully saturated rings. The van der Waals surface area contributed by atoms with Crippen LogP contribution in [0.15, 0.2) is 24.4 Å². The Kier molecular flexibility index (Phi) is 5.09. The first kappa shape index (κ1) is 15.4. The predicted octanol–water partition coefficient (Wildman–Crippen LogP) is 0.429. The smallest absolute Gasteiger partial charge is 0.282 e. The van der Waals surface area contributed by atoms with Gasteiger partial charge in [-0.1, -0.05) is 6.07 Å². The molecule has 0 amide bonds. The van der Waals surface area contributed by atoms with Gasteiger partial charge in [-0.3, -0.25) is 4.98 Å². The quantitative estimate of drug-likeness (QED) is 0.855. The molecule has 7 heteroatoms. The Morgan fingerprint density at radius 2 is 2.30 bits per heavy atom. The lowest BCUT2D eigenvalue weighted by atomic mass is 10.0. The number of hydrogen-bond acceptors (Lipinski definition) is 4. The van der Waals surface area contributed by atoms with Crippen molar-refractivity contribution in [1.82, 2.24) is 13.6 Å². The fourth-order valence-corrected chi connectivity index (χ4v) is 3.88. The van der Waals surface area contributed by atoms with E-state index in [9.17, 15) is 8.42 Å². The summed E-state index contributed by atoms with van der Waals surface area (Å²) >= 11 is 0. The molecule has 6 nitrogen and oxygen atoms in total. The second-order valence-electron chi connectivity index (χ2n) is 5.19. The van der Waals surface area contributed by atoms with E-state index in [2.05, 4.69) is 4.98 Å². The zero-order valence-corrected chi connectivity index (χ0v) is 12.6. The van der Waals surface area contributed by atoms with Crippen LogP contribution < -0.4 is 5.73 Å². The zero-order chi connectivity index (χ0) is 14.6. The highest BCUT2D eigenvalue weighted by Crippen LogP contribution is 2.20. The minimum atomic E-state index is -3.43. The number of nitrogens with zero attached hydrogens (tertiary/aromatic N) is 3. The molecule has 20 heavy (non-hydrogen) atoms. The van der Waals surface area contributed by atoms with E-state index in [1.54, 1.807) is 13.2 Å². The number of hydrogen-bond donors (Lipinski definition) is 1. The van der Waals surface area contributed by atoms with Crippen LogP contribution in [-0.4, -0.2) is 48.7 Å². The number of rotatable bonds is 5. The van der Waals surface area contributed by atoms with Crippen molar-refractivity contribution in [2.45, 2.75) is 19.4 Å². The summed E-state index contributed by atoms with van der Waals surface area (Å²) in [7, 11) is -1.84. The van der Waals surface area contributed by atoms with Crippen molar-refractivity contribution in [2.24, 2.45) is 11.7 Å². The number of nitrogens with two attached hydrogens (primary N) is 1. The summed E-state index contributed by atoms with van der Waals surface area (Å²) in [6.07, 6.45) is 3.55. The van der Waals surface area contributed by atoms with Crippen molar-refractivity contribution >= 4 is 10.2 Å². The highest BCUT2D eigenvalue weighted by atomic mass is 32.2. The van der Waals surface area contributed by atoms with Gasteiger partial charge in [0.1, 0.15) is 0 Å². The van der Waals surface area contributed by atoms with E-state index in [0.29, 0.717) is 19.6 Å². The zero-order valence-electron chi connectivity index (χ0n) is 11.8. The molecule has 2 rings (SSSR count). The van der Waals surface area contributed by atoms with Crippen LogP contribution in [-0.2, 0) is 16.8 Å². The van der Waals surface area contributed by atoms with Gasteiger partial charge in [0.2, 0.25) is 0 Å². The molecule has 1 atom stereocenters. The summed E-state index contributed by atoms with van der Waals surface area (Å²) in [6, 6.07) is 5.49. The molecule has 1 saturated heterocycles. The summed E-state index contributed by atoms with van der Waals surface area (Å²) in [6.45, 7) is 1.92. The molecule has 1 unspecified atom stereocenters. The molecule has 1 aliphatic rings. The molecule has 0 radical (unpaired) electrons. The van der Waals surface area contributed by atoms with Crippen LogP contribution in [0, 0.1) is 5.92 Å². The maximum Gasteiger partial charge on any atom is 0.282 e. The summed E-state index contributed by atoms with van der Waals surface area (Å²) < 4.78 is 28.0. The molecule has 1 aromatic heterocycles. The molecule has 1 aliphatic heterocycles. The van der Waals surface area contributed by atoms with E-state index in [0.717, 1.165) is 18.5 Å². The third-order valence-corrected chi connectivity index (χ3v) is 5.55. The van der Waals surface area contributed by atoms with E-state index >= 15 is 0 Å². The van der Waals surface area contributed by atoms with Gasteiger partial charge < -0.3 is 5.73 Å². The fraction of sp³-hybridized carbons (Fsp3) is 0.615. The van der Waals surface area contributed by atoms with Crippen molar-refractivity contribution in [3.8, 4) is 0 Å². The van der Waals surface area contributed by atoms with E-state index in [1.165, 1.54) is 8.61 Å². The van der Waals surface area contributed by atoms with Gasteiger partial charge in [0, 0.05) is 26.3 Å². The number of pyridine rings is 1. The van der Waals surface area contributed by atoms with Gasteiger partial charge in [-0.15, -0.1) is 0 Å². The van der Waals surface area contributed by atoms with Crippen molar-refractivity contribution in [2.75, 3.05) is 26.7 Å². The van der Waals surface area contributed by atoms with Crippen LogP contribution in [0.3, 0.4) is 0 Å². The van der Waals surface area contributed by atoms with Crippen molar-refractivity contribution in [3.63, 3.8) is 0 Å². The Morgan fingerprint density at radius 1 is 1.50 bits per heavy atom. The fourth-order valence-electron chi connectivity index (χ4n) is 2.43. The average Bonchev–Trinajstić information content (AvgIpc) is 2.48. The van der Waals surface area contributed by atoms with Gasteiger partial charge in [0.05, 0.1) is 12.2 Å². The highest BCUT2D eigenvalue weighted by Gasteiger charge is 2.31. The minimum Gasteiger partial charge on any atom is -0.330 e. The van der Waals surface area contributed by atoms with Crippen molar-refractivity contribution in [3.05, 3.63) is 30.1 Å². The molecule has 112 valence electrons. The molecule has 0 aliphatic carbocycles. The molecular formula is C13H22N4O2S. The third kappa shape index (κ3) is 3.54. The molecular weight excluding hydrogens is 276 g/mol. The average molecular weight is 298 g/mol. The van der Waals surface area contributed by atoms with Crippen LogP contribution in [0.4, 0.5) is 0 Å². The van der Waals surface area contributed by atoms with E-state index < -0.39 is 10.2 Å². The molecule has 0 bridgehead atoms. The maximum atomic E-state index is 12.5. The van der Waals surface area contributed by atoms with Crippen LogP contribution in [0.5, 0.6) is 0 Å². The Hall–Kier alpha value is -1.02. The van der Waals surface area contributed by atoms with Gasteiger partial charge in [-0.2, -0.15) is 17.0 Å². The van der Waals surface area contributed by atoms with Crippen molar-refractivity contribution in [1.29, 1.82) is 0 Å². The second-order valence-corrected chi connectivity index (χ2v) is 7.22. The second kappa shape index (κ2) is 6.62.